The van der Waals surface area contributed by atoms with Gasteiger partial charge in [-0.2, -0.15) is 0 Å². The van der Waals surface area contributed by atoms with E-state index in [4.69, 9.17) is 4.74 Å². The third-order valence-electron chi connectivity index (χ3n) is 3.79. The fourth-order valence-electron chi connectivity index (χ4n) is 2.48. The zero-order valence-corrected chi connectivity index (χ0v) is 13.9. The maximum absolute atomic E-state index is 13.0. The van der Waals surface area contributed by atoms with E-state index in [1.807, 2.05) is 36.4 Å². The van der Waals surface area contributed by atoms with Crippen LogP contribution in [0.2, 0.25) is 0 Å². The van der Waals surface area contributed by atoms with Crippen molar-refractivity contribution in [3.8, 4) is 5.69 Å². The van der Waals surface area contributed by atoms with Gasteiger partial charge in [0.25, 0.3) is 5.91 Å². The fourth-order valence-corrected chi connectivity index (χ4v) is 2.48. The Morgan fingerprint density at radius 3 is 2.64 bits per heavy atom. The molecule has 128 valence electrons. The van der Waals surface area contributed by atoms with Gasteiger partial charge in [-0.15, -0.1) is 10.2 Å². The minimum Gasteiger partial charge on any atom is -0.383 e. The maximum Gasteiger partial charge on any atom is 0.254 e. The van der Waals surface area contributed by atoms with Crippen LogP contribution in [-0.4, -0.2) is 50.8 Å². The Balaban J connectivity index is 1.83. The van der Waals surface area contributed by atoms with Crippen LogP contribution in [0.4, 0.5) is 0 Å². The summed E-state index contributed by atoms with van der Waals surface area (Å²) in [6.07, 6.45) is 6.65. The van der Waals surface area contributed by atoms with Gasteiger partial charge in [0.15, 0.2) is 0 Å². The Morgan fingerprint density at radius 2 is 1.92 bits per heavy atom. The van der Waals surface area contributed by atoms with Crippen LogP contribution in [0.15, 0.2) is 61.4 Å². The summed E-state index contributed by atoms with van der Waals surface area (Å²) in [5.74, 6) is -0.0520. The summed E-state index contributed by atoms with van der Waals surface area (Å²) in [6.45, 7) is 1.48. The van der Waals surface area contributed by atoms with Crippen LogP contribution in [0.3, 0.4) is 0 Å². The van der Waals surface area contributed by atoms with E-state index in [2.05, 4.69) is 15.2 Å². The van der Waals surface area contributed by atoms with Crippen molar-refractivity contribution >= 4 is 5.91 Å². The van der Waals surface area contributed by atoms with Crippen LogP contribution >= 0.6 is 0 Å². The summed E-state index contributed by atoms with van der Waals surface area (Å²) < 4.78 is 6.91. The largest absolute Gasteiger partial charge is 0.383 e. The van der Waals surface area contributed by atoms with Crippen LogP contribution in [0.25, 0.3) is 5.69 Å². The molecule has 0 fully saturated rings. The molecule has 0 aliphatic rings. The molecule has 2 heterocycles. The molecule has 0 aliphatic heterocycles. The molecule has 7 heteroatoms. The van der Waals surface area contributed by atoms with Gasteiger partial charge in [-0.3, -0.25) is 14.3 Å². The maximum atomic E-state index is 13.0. The van der Waals surface area contributed by atoms with Crippen LogP contribution in [-0.2, 0) is 11.3 Å². The van der Waals surface area contributed by atoms with Crippen LogP contribution in [0.5, 0.6) is 0 Å². The second-order valence-electron chi connectivity index (χ2n) is 5.49. The fraction of sp³-hybridized carbons (Fsp3) is 0.222. The lowest BCUT2D eigenvalue weighted by Gasteiger charge is -2.23. The molecule has 0 aliphatic carbocycles. The van der Waals surface area contributed by atoms with Crippen molar-refractivity contribution in [2.24, 2.45) is 0 Å². The number of aromatic nitrogens is 4. The molecular weight excluding hydrogens is 318 g/mol. The number of hydrogen-bond donors (Lipinski definition) is 0. The van der Waals surface area contributed by atoms with Gasteiger partial charge < -0.3 is 9.64 Å². The van der Waals surface area contributed by atoms with E-state index in [0.29, 0.717) is 25.3 Å². The summed E-state index contributed by atoms with van der Waals surface area (Å²) in [5, 5.41) is 7.60. The van der Waals surface area contributed by atoms with E-state index in [9.17, 15) is 4.79 Å². The lowest BCUT2D eigenvalue weighted by atomic mass is 10.1. The third kappa shape index (κ3) is 4.27. The number of nitrogens with zero attached hydrogens (tertiary/aromatic N) is 5. The first-order chi connectivity index (χ1) is 12.3. The minimum absolute atomic E-state index is 0.0520. The number of carbonyl (C=O) groups excluding carboxylic acids is 1. The molecule has 7 nitrogen and oxygen atoms in total. The predicted octanol–water partition coefficient (Wildman–Crippen LogP) is 1.95. The van der Waals surface area contributed by atoms with Gasteiger partial charge in [0.1, 0.15) is 12.7 Å². The monoisotopic (exact) mass is 337 g/mol. The third-order valence-corrected chi connectivity index (χ3v) is 3.79. The minimum atomic E-state index is -0.0520. The molecule has 3 rings (SSSR count). The summed E-state index contributed by atoms with van der Waals surface area (Å²) in [5.41, 5.74) is 2.47. The molecule has 0 saturated carbocycles. The molecule has 0 atom stereocenters. The Bertz CT molecular complexity index is 805. The Morgan fingerprint density at radius 1 is 1.16 bits per heavy atom. The highest BCUT2D eigenvalue weighted by atomic mass is 16.5. The standard InChI is InChI=1S/C18H19N5O2/c1-25-10-9-22(12-15-5-7-19-8-6-15)18(24)16-3-2-4-17(11-16)23-13-20-21-14-23/h2-8,11,13-14H,9-10,12H2,1H3. The molecule has 0 saturated heterocycles. The van der Waals surface area contributed by atoms with Gasteiger partial charge in [0, 0.05) is 43.8 Å². The van der Waals surface area contributed by atoms with Gasteiger partial charge in [0.05, 0.1) is 6.61 Å². The molecule has 1 aromatic carbocycles. The average molecular weight is 337 g/mol. The quantitative estimate of drug-likeness (QED) is 0.659. The van der Waals surface area contributed by atoms with Crippen LogP contribution in [0, 0.1) is 0 Å². The first-order valence-electron chi connectivity index (χ1n) is 7.90. The van der Waals surface area contributed by atoms with E-state index in [0.717, 1.165) is 11.3 Å². The molecule has 0 radical (unpaired) electrons. The molecule has 1 amide bonds. The van der Waals surface area contributed by atoms with Crippen molar-refractivity contribution in [2.45, 2.75) is 6.54 Å². The second kappa shape index (κ2) is 8.16. The van der Waals surface area contributed by atoms with Crippen molar-refractivity contribution in [1.29, 1.82) is 0 Å². The predicted molar refractivity (Wildman–Crippen MR) is 92.2 cm³/mol. The number of hydrogen-bond acceptors (Lipinski definition) is 5. The van der Waals surface area contributed by atoms with E-state index >= 15 is 0 Å². The van der Waals surface area contributed by atoms with Crippen molar-refractivity contribution < 1.29 is 9.53 Å². The van der Waals surface area contributed by atoms with Crippen LogP contribution < -0.4 is 0 Å². The number of methoxy groups -OCH3 is 1. The SMILES string of the molecule is COCCN(Cc1ccncc1)C(=O)c1cccc(-n2cnnc2)c1. The highest BCUT2D eigenvalue weighted by Crippen LogP contribution is 2.14. The smallest absolute Gasteiger partial charge is 0.254 e. The van der Waals surface area contributed by atoms with Gasteiger partial charge in [0.2, 0.25) is 0 Å². The molecular formula is C18H19N5O2. The number of pyridine rings is 1. The lowest BCUT2D eigenvalue weighted by molar-refractivity contribution is 0.0680. The first-order valence-corrected chi connectivity index (χ1v) is 7.90. The van der Waals surface area contributed by atoms with E-state index in [1.165, 1.54) is 0 Å². The van der Waals surface area contributed by atoms with Gasteiger partial charge >= 0.3 is 0 Å². The van der Waals surface area contributed by atoms with E-state index in [-0.39, 0.29) is 5.91 Å². The van der Waals surface area contributed by atoms with Crippen molar-refractivity contribution in [3.63, 3.8) is 0 Å². The number of carbonyl (C=O) groups is 1. The number of benzene rings is 1. The average Bonchev–Trinajstić information content (AvgIpc) is 3.20. The van der Waals surface area contributed by atoms with E-state index in [1.54, 1.807) is 41.6 Å². The Hall–Kier alpha value is -3.06. The van der Waals surface area contributed by atoms with Gasteiger partial charge in [-0.05, 0) is 35.9 Å². The molecule has 25 heavy (non-hydrogen) atoms. The number of rotatable bonds is 7. The molecule has 3 aromatic rings. The topological polar surface area (TPSA) is 73.1 Å². The zero-order chi connectivity index (χ0) is 17.5. The summed E-state index contributed by atoms with van der Waals surface area (Å²) in [4.78, 5) is 18.8. The molecule has 0 bridgehead atoms. The van der Waals surface area contributed by atoms with Crippen molar-refractivity contribution in [3.05, 3.63) is 72.6 Å². The highest BCUT2D eigenvalue weighted by Gasteiger charge is 2.16. The molecule has 0 unspecified atom stereocenters. The summed E-state index contributed by atoms with van der Waals surface area (Å²) >= 11 is 0. The molecule has 0 N–H and O–H groups in total. The Labute approximate surface area is 145 Å². The highest BCUT2D eigenvalue weighted by molar-refractivity contribution is 5.94. The zero-order valence-electron chi connectivity index (χ0n) is 13.9. The van der Waals surface area contributed by atoms with Crippen molar-refractivity contribution in [2.75, 3.05) is 20.3 Å². The second-order valence-corrected chi connectivity index (χ2v) is 5.49. The molecule has 2 aromatic heterocycles. The number of ether oxygens (including phenoxy) is 1. The number of amides is 1. The van der Waals surface area contributed by atoms with Crippen LogP contribution in [0.1, 0.15) is 15.9 Å². The van der Waals surface area contributed by atoms with Gasteiger partial charge in [-0.1, -0.05) is 6.07 Å². The van der Waals surface area contributed by atoms with E-state index < -0.39 is 0 Å². The van der Waals surface area contributed by atoms with Gasteiger partial charge in [-0.25, -0.2) is 0 Å². The first kappa shape index (κ1) is 16.8. The normalized spacial score (nSPS) is 10.6. The summed E-state index contributed by atoms with van der Waals surface area (Å²) in [7, 11) is 1.63. The Kier molecular flexibility index (Phi) is 5.48. The van der Waals surface area contributed by atoms with Crippen molar-refractivity contribution in [1.82, 2.24) is 24.6 Å². The summed E-state index contributed by atoms with van der Waals surface area (Å²) in [6, 6.07) is 11.2. The molecule has 0 spiro atoms. The lowest BCUT2D eigenvalue weighted by Crippen LogP contribution is -2.33.